The fourth-order valence-corrected chi connectivity index (χ4v) is 3.51. The molecule has 0 aliphatic carbocycles. The fourth-order valence-electron chi connectivity index (χ4n) is 3.01. The summed E-state index contributed by atoms with van der Waals surface area (Å²) in [5, 5.41) is 3.48. The lowest BCUT2D eigenvalue weighted by atomic mass is 10.0. The molecule has 1 N–H and O–H groups in total. The Kier molecular flexibility index (Phi) is 5.24. The van der Waals surface area contributed by atoms with Gasteiger partial charge < -0.3 is 5.32 Å². The highest BCUT2D eigenvalue weighted by Crippen LogP contribution is 2.32. The molecule has 0 spiro atoms. The van der Waals surface area contributed by atoms with Crippen LogP contribution in [-0.2, 0) is 0 Å². The molecule has 3 nitrogen and oxygen atoms in total. The largest absolute Gasteiger partial charge is 0.315 e. The maximum atomic E-state index is 4.72. The van der Waals surface area contributed by atoms with E-state index in [0.29, 0.717) is 0 Å². The van der Waals surface area contributed by atoms with Gasteiger partial charge in [-0.25, -0.2) is 0 Å². The van der Waals surface area contributed by atoms with Gasteiger partial charge >= 0.3 is 0 Å². The second-order valence-electron chi connectivity index (χ2n) is 5.82. The highest BCUT2D eigenvalue weighted by molar-refractivity contribution is 9.10. The summed E-state index contributed by atoms with van der Waals surface area (Å²) in [4.78, 5) is 7.26. The fraction of sp³-hybridized carbons (Fsp3) is 0.389. The first-order valence-corrected chi connectivity index (χ1v) is 8.67. The zero-order chi connectivity index (χ0) is 15.4. The lowest BCUT2D eigenvalue weighted by Gasteiger charge is -2.31. The monoisotopic (exact) mass is 359 g/mol. The quantitative estimate of drug-likeness (QED) is 0.908. The van der Waals surface area contributed by atoms with Crippen molar-refractivity contribution in [2.24, 2.45) is 0 Å². The summed E-state index contributed by atoms with van der Waals surface area (Å²) in [5.41, 5.74) is 3.62. The summed E-state index contributed by atoms with van der Waals surface area (Å²) in [6.07, 6.45) is 3.14. The summed E-state index contributed by atoms with van der Waals surface area (Å²) in [7, 11) is 0. The van der Waals surface area contributed by atoms with Crippen molar-refractivity contribution in [2.75, 3.05) is 26.2 Å². The highest BCUT2D eigenvalue weighted by atomic mass is 79.9. The predicted octanol–water partition coefficient (Wildman–Crippen LogP) is 3.54. The van der Waals surface area contributed by atoms with Crippen LogP contribution in [0.1, 0.15) is 29.3 Å². The third-order valence-electron chi connectivity index (χ3n) is 4.15. The number of halogens is 1. The molecular weight excluding hydrogens is 338 g/mol. The van der Waals surface area contributed by atoms with E-state index in [1.54, 1.807) is 0 Å². The van der Waals surface area contributed by atoms with Gasteiger partial charge in [0.1, 0.15) is 0 Å². The van der Waals surface area contributed by atoms with Crippen molar-refractivity contribution in [1.29, 1.82) is 0 Å². The Labute approximate surface area is 140 Å². The predicted molar refractivity (Wildman–Crippen MR) is 94.0 cm³/mol. The van der Waals surface area contributed by atoms with Gasteiger partial charge in [-0.3, -0.25) is 9.88 Å². The molecule has 1 aliphatic rings. The van der Waals surface area contributed by atoms with Gasteiger partial charge in [0.2, 0.25) is 0 Å². The number of rotatable bonds is 3. The van der Waals surface area contributed by atoms with Crippen molar-refractivity contribution >= 4 is 15.9 Å². The van der Waals surface area contributed by atoms with Crippen LogP contribution in [0.25, 0.3) is 0 Å². The summed E-state index contributed by atoms with van der Waals surface area (Å²) >= 11 is 3.72. The molecule has 0 saturated carbocycles. The Balaban J connectivity index is 2.01. The van der Waals surface area contributed by atoms with E-state index in [4.69, 9.17) is 4.98 Å². The van der Waals surface area contributed by atoms with E-state index >= 15 is 0 Å². The van der Waals surface area contributed by atoms with Gasteiger partial charge in [-0.05, 0) is 43.1 Å². The normalized spacial score (nSPS) is 17.9. The Morgan fingerprint density at radius 2 is 2.00 bits per heavy atom. The molecule has 1 aromatic carbocycles. The molecule has 0 radical (unpaired) electrons. The van der Waals surface area contributed by atoms with Crippen LogP contribution in [0.3, 0.4) is 0 Å². The summed E-state index contributed by atoms with van der Waals surface area (Å²) < 4.78 is 1.15. The standard InChI is InChI=1S/C18H22BrN3/c1-14-7-8-17(21-13-14)18(15-5-2-3-6-16(15)19)22-11-4-9-20-10-12-22/h2-3,5-8,13,18,20H,4,9-12H2,1H3. The number of aromatic nitrogens is 1. The zero-order valence-electron chi connectivity index (χ0n) is 12.9. The molecule has 2 heterocycles. The van der Waals surface area contributed by atoms with Gasteiger partial charge in [-0.1, -0.05) is 40.2 Å². The number of nitrogens with one attached hydrogen (secondary N) is 1. The Morgan fingerprint density at radius 1 is 1.14 bits per heavy atom. The minimum Gasteiger partial charge on any atom is -0.315 e. The first-order valence-electron chi connectivity index (χ1n) is 7.87. The molecular formula is C18H22BrN3. The first kappa shape index (κ1) is 15.7. The second kappa shape index (κ2) is 7.36. The molecule has 2 aromatic rings. The van der Waals surface area contributed by atoms with Gasteiger partial charge in [-0.2, -0.15) is 0 Å². The van der Waals surface area contributed by atoms with Gasteiger partial charge in [-0.15, -0.1) is 0 Å². The van der Waals surface area contributed by atoms with E-state index in [-0.39, 0.29) is 6.04 Å². The smallest absolute Gasteiger partial charge is 0.0787 e. The van der Waals surface area contributed by atoms with Crippen molar-refractivity contribution in [3.63, 3.8) is 0 Å². The van der Waals surface area contributed by atoms with Crippen molar-refractivity contribution in [2.45, 2.75) is 19.4 Å². The third-order valence-corrected chi connectivity index (χ3v) is 4.88. The van der Waals surface area contributed by atoms with Gasteiger partial charge in [0.25, 0.3) is 0 Å². The molecule has 0 amide bonds. The number of aryl methyl sites for hydroxylation is 1. The molecule has 22 heavy (non-hydrogen) atoms. The van der Waals surface area contributed by atoms with Crippen LogP contribution in [0.5, 0.6) is 0 Å². The molecule has 4 heteroatoms. The minimum atomic E-state index is 0.205. The highest BCUT2D eigenvalue weighted by Gasteiger charge is 2.25. The Morgan fingerprint density at radius 3 is 2.77 bits per heavy atom. The van der Waals surface area contributed by atoms with Crippen LogP contribution in [0, 0.1) is 6.92 Å². The average molecular weight is 360 g/mol. The van der Waals surface area contributed by atoms with E-state index in [2.05, 4.69) is 69.5 Å². The molecule has 1 aliphatic heterocycles. The van der Waals surface area contributed by atoms with Crippen molar-refractivity contribution < 1.29 is 0 Å². The van der Waals surface area contributed by atoms with Gasteiger partial charge in [0.15, 0.2) is 0 Å². The average Bonchev–Trinajstić information content (AvgIpc) is 2.80. The van der Waals surface area contributed by atoms with Crippen molar-refractivity contribution in [3.8, 4) is 0 Å². The topological polar surface area (TPSA) is 28.2 Å². The van der Waals surface area contributed by atoms with E-state index < -0.39 is 0 Å². The molecule has 3 rings (SSSR count). The lowest BCUT2D eigenvalue weighted by Crippen LogP contribution is -2.33. The summed E-state index contributed by atoms with van der Waals surface area (Å²) in [6, 6.07) is 13.0. The summed E-state index contributed by atoms with van der Waals surface area (Å²) in [5.74, 6) is 0. The van der Waals surface area contributed by atoms with Crippen LogP contribution in [0.15, 0.2) is 47.1 Å². The number of hydrogen-bond acceptors (Lipinski definition) is 3. The van der Waals surface area contributed by atoms with Crippen LogP contribution in [0.4, 0.5) is 0 Å². The molecule has 0 bridgehead atoms. The molecule has 1 unspecified atom stereocenters. The van der Waals surface area contributed by atoms with Crippen LogP contribution in [-0.4, -0.2) is 36.1 Å². The van der Waals surface area contributed by atoms with Crippen molar-refractivity contribution in [3.05, 3.63) is 63.9 Å². The second-order valence-corrected chi connectivity index (χ2v) is 6.68. The van der Waals surface area contributed by atoms with E-state index in [1.165, 1.54) is 17.5 Å². The number of nitrogens with zero attached hydrogens (tertiary/aromatic N) is 2. The van der Waals surface area contributed by atoms with E-state index in [9.17, 15) is 0 Å². The van der Waals surface area contributed by atoms with Gasteiger partial charge in [0, 0.05) is 30.3 Å². The maximum absolute atomic E-state index is 4.72. The number of benzene rings is 1. The molecule has 116 valence electrons. The number of hydrogen-bond donors (Lipinski definition) is 1. The van der Waals surface area contributed by atoms with E-state index in [0.717, 1.165) is 36.3 Å². The Bertz CT molecular complexity index is 604. The molecule has 1 atom stereocenters. The first-order chi connectivity index (χ1) is 10.8. The van der Waals surface area contributed by atoms with Gasteiger partial charge in [0.05, 0.1) is 11.7 Å². The maximum Gasteiger partial charge on any atom is 0.0787 e. The van der Waals surface area contributed by atoms with Crippen LogP contribution < -0.4 is 5.32 Å². The third kappa shape index (κ3) is 3.57. The summed E-state index contributed by atoms with van der Waals surface area (Å²) in [6.45, 7) is 6.35. The van der Waals surface area contributed by atoms with Crippen LogP contribution in [0.2, 0.25) is 0 Å². The van der Waals surface area contributed by atoms with Crippen molar-refractivity contribution in [1.82, 2.24) is 15.2 Å². The molecule has 1 fully saturated rings. The van der Waals surface area contributed by atoms with Crippen LogP contribution >= 0.6 is 15.9 Å². The minimum absolute atomic E-state index is 0.205. The lowest BCUT2D eigenvalue weighted by molar-refractivity contribution is 0.236. The molecule has 1 aromatic heterocycles. The SMILES string of the molecule is Cc1ccc(C(c2ccccc2Br)N2CCCNCC2)nc1. The Hall–Kier alpha value is -1.23. The van der Waals surface area contributed by atoms with E-state index in [1.807, 2.05) is 6.20 Å². The number of pyridine rings is 1. The zero-order valence-corrected chi connectivity index (χ0v) is 14.5. The molecule has 1 saturated heterocycles.